The average molecular weight is 407 g/mol. The van der Waals surface area contributed by atoms with Crippen LogP contribution in [0, 0.1) is 5.82 Å². The molecule has 2 aromatic heterocycles. The van der Waals surface area contributed by atoms with Gasteiger partial charge in [-0.1, -0.05) is 12.1 Å². The van der Waals surface area contributed by atoms with Crippen molar-refractivity contribution in [3.63, 3.8) is 0 Å². The number of carbonyl (C=O) groups excluding carboxylic acids is 1. The van der Waals surface area contributed by atoms with E-state index in [0.717, 1.165) is 11.3 Å². The number of benzene rings is 2. The lowest BCUT2D eigenvalue weighted by atomic mass is 10.2. The molecule has 4 rings (SSSR count). The number of hydrogen-bond donors (Lipinski definition) is 2. The third-order valence-electron chi connectivity index (χ3n) is 5.09. The molecular formula is C22H22FN5O2. The summed E-state index contributed by atoms with van der Waals surface area (Å²) in [6.45, 7) is 0.448. The lowest BCUT2D eigenvalue weighted by molar-refractivity contribution is -0.121. The van der Waals surface area contributed by atoms with Gasteiger partial charge in [-0.15, -0.1) is 0 Å². The first kappa shape index (κ1) is 19.8. The maximum absolute atomic E-state index is 13.3. The number of imidazole rings is 1. The number of H-pyrrole nitrogens is 1. The number of nitrogens with one attached hydrogen (secondary N) is 2. The molecule has 2 aromatic carbocycles. The Labute approximate surface area is 172 Å². The van der Waals surface area contributed by atoms with E-state index in [-0.39, 0.29) is 17.3 Å². The van der Waals surface area contributed by atoms with Crippen molar-refractivity contribution < 1.29 is 9.18 Å². The second kappa shape index (κ2) is 8.44. The Balaban J connectivity index is 1.27. The van der Waals surface area contributed by atoms with Gasteiger partial charge in [0.15, 0.2) is 0 Å². The molecule has 0 unspecified atom stereocenters. The van der Waals surface area contributed by atoms with Crippen molar-refractivity contribution in [1.82, 2.24) is 24.8 Å². The Hall–Kier alpha value is -3.55. The molecule has 1 amide bonds. The second-order valence-corrected chi connectivity index (χ2v) is 7.20. The quantitative estimate of drug-likeness (QED) is 0.493. The van der Waals surface area contributed by atoms with E-state index in [4.69, 9.17) is 0 Å². The topological polar surface area (TPSA) is 92.7 Å². The number of nitrogens with zero attached hydrogens (tertiary/aromatic N) is 3. The van der Waals surface area contributed by atoms with Crippen LogP contribution in [0.3, 0.4) is 0 Å². The molecule has 0 saturated carbocycles. The fraction of sp³-hybridized carbons (Fsp3) is 0.273. The van der Waals surface area contributed by atoms with Gasteiger partial charge < -0.3 is 14.9 Å². The van der Waals surface area contributed by atoms with Gasteiger partial charge in [-0.25, -0.2) is 14.4 Å². The minimum atomic E-state index is -0.317. The van der Waals surface area contributed by atoms with Gasteiger partial charge in [-0.2, -0.15) is 0 Å². The molecule has 0 fully saturated rings. The number of amides is 1. The molecular weight excluding hydrogens is 385 g/mol. The van der Waals surface area contributed by atoms with Crippen LogP contribution in [0.5, 0.6) is 0 Å². The summed E-state index contributed by atoms with van der Waals surface area (Å²) in [7, 11) is 1.88. The van der Waals surface area contributed by atoms with Gasteiger partial charge in [-0.05, 0) is 30.7 Å². The Morgan fingerprint density at radius 2 is 1.97 bits per heavy atom. The first-order valence-electron chi connectivity index (χ1n) is 9.87. The molecule has 0 atom stereocenters. The van der Waals surface area contributed by atoms with Crippen LogP contribution in [-0.4, -0.2) is 32.0 Å². The number of aryl methyl sites for hydroxylation is 2. The van der Waals surface area contributed by atoms with Crippen LogP contribution in [0.4, 0.5) is 4.39 Å². The first-order valence-corrected chi connectivity index (χ1v) is 9.87. The van der Waals surface area contributed by atoms with Crippen molar-refractivity contribution in [1.29, 1.82) is 0 Å². The van der Waals surface area contributed by atoms with Crippen molar-refractivity contribution in [2.75, 3.05) is 6.54 Å². The Morgan fingerprint density at radius 1 is 1.13 bits per heavy atom. The van der Waals surface area contributed by atoms with Crippen molar-refractivity contribution in [2.45, 2.75) is 25.7 Å². The third kappa shape index (κ3) is 4.22. The number of hydrogen-bond acceptors (Lipinski definition) is 4. The third-order valence-corrected chi connectivity index (χ3v) is 5.09. The fourth-order valence-electron chi connectivity index (χ4n) is 3.52. The second-order valence-electron chi connectivity index (χ2n) is 7.20. The molecule has 0 aliphatic heterocycles. The number of aromatic nitrogens is 4. The Morgan fingerprint density at radius 3 is 2.83 bits per heavy atom. The van der Waals surface area contributed by atoms with E-state index in [1.54, 1.807) is 24.3 Å². The fourth-order valence-corrected chi connectivity index (χ4v) is 3.52. The number of fused-ring (bicyclic) bond motifs is 2. The van der Waals surface area contributed by atoms with E-state index in [1.165, 1.54) is 12.1 Å². The van der Waals surface area contributed by atoms with Crippen molar-refractivity contribution in [3.05, 3.63) is 70.3 Å². The van der Waals surface area contributed by atoms with Gasteiger partial charge in [0.25, 0.3) is 5.56 Å². The number of para-hydroxylation sites is 1. The predicted octanol–water partition coefficient (Wildman–Crippen LogP) is 2.63. The zero-order valence-corrected chi connectivity index (χ0v) is 16.6. The van der Waals surface area contributed by atoms with E-state index in [1.807, 2.05) is 17.7 Å². The number of carbonyl (C=O) groups is 1. The van der Waals surface area contributed by atoms with Gasteiger partial charge in [0.1, 0.15) is 17.5 Å². The number of aromatic amines is 1. The average Bonchev–Trinajstić information content (AvgIpc) is 3.03. The minimum Gasteiger partial charge on any atom is -0.356 e. The van der Waals surface area contributed by atoms with Crippen molar-refractivity contribution >= 4 is 27.8 Å². The molecule has 0 radical (unpaired) electrons. The summed E-state index contributed by atoms with van der Waals surface area (Å²) in [6, 6.07) is 11.7. The highest BCUT2D eigenvalue weighted by atomic mass is 19.1. The van der Waals surface area contributed by atoms with E-state index < -0.39 is 0 Å². The maximum Gasteiger partial charge on any atom is 0.258 e. The summed E-state index contributed by atoms with van der Waals surface area (Å²) in [5.41, 5.74) is 1.95. The molecule has 0 spiro atoms. The molecule has 0 aliphatic rings. The zero-order valence-electron chi connectivity index (χ0n) is 16.6. The summed E-state index contributed by atoms with van der Waals surface area (Å²) in [5, 5.41) is 3.44. The molecule has 0 bridgehead atoms. The van der Waals surface area contributed by atoms with Gasteiger partial charge in [0, 0.05) is 38.9 Å². The minimum absolute atomic E-state index is 0.0667. The van der Waals surface area contributed by atoms with Crippen LogP contribution in [0.1, 0.15) is 24.5 Å². The largest absolute Gasteiger partial charge is 0.356 e. The van der Waals surface area contributed by atoms with Gasteiger partial charge in [-0.3, -0.25) is 9.59 Å². The van der Waals surface area contributed by atoms with Gasteiger partial charge in [0.2, 0.25) is 5.91 Å². The van der Waals surface area contributed by atoms with Crippen molar-refractivity contribution in [3.8, 4) is 0 Å². The molecule has 0 aliphatic carbocycles. The summed E-state index contributed by atoms with van der Waals surface area (Å²) >= 11 is 0. The molecule has 2 heterocycles. The standard InChI is InChI=1S/C22H22FN5O2/c1-28-18-10-9-14(23)13-17(18)26-20(28)11-12-24-21(29)8-4-7-19-25-16-6-3-2-5-15(16)22(30)27-19/h2-3,5-6,9-10,13H,4,7-8,11-12H2,1H3,(H,24,29)(H,25,27,30). The predicted molar refractivity (Wildman–Crippen MR) is 113 cm³/mol. The van der Waals surface area contributed by atoms with Crippen LogP contribution < -0.4 is 10.9 Å². The van der Waals surface area contributed by atoms with Crippen LogP contribution in [0.15, 0.2) is 47.3 Å². The van der Waals surface area contributed by atoms with Crippen LogP contribution in [0.2, 0.25) is 0 Å². The smallest absolute Gasteiger partial charge is 0.258 e. The van der Waals surface area contributed by atoms with E-state index in [2.05, 4.69) is 20.3 Å². The lowest BCUT2D eigenvalue weighted by Crippen LogP contribution is -2.26. The normalized spacial score (nSPS) is 11.3. The molecule has 7 nitrogen and oxygen atoms in total. The van der Waals surface area contributed by atoms with Gasteiger partial charge >= 0.3 is 0 Å². The summed E-state index contributed by atoms with van der Waals surface area (Å²) in [5.74, 6) is 0.984. The Kier molecular flexibility index (Phi) is 5.56. The molecule has 8 heteroatoms. The summed E-state index contributed by atoms with van der Waals surface area (Å²) < 4.78 is 15.3. The van der Waals surface area contributed by atoms with Crippen LogP contribution in [-0.2, 0) is 24.7 Å². The molecule has 4 aromatic rings. The summed E-state index contributed by atoms with van der Waals surface area (Å²) in [6.07, 6.45) is 1.99. The Bertz CT molecular complexity index is 1280. The molecule has 30 heavy (non-hydrogen) atoms. The first-order chi connectivity index (χ1) is 14.5. The molecule has 154 valence electrons. The van der Waals surface area contributed by atoms with E-state index in [9.17, 15) is 14.0 Å². The molecule has 0 saturated heterocycles. The molecule has 2 N–H and O–H groups in total. The van der Waals surface area contributed by atoms with Crippen LogP contribution >= 0.6 is 0 Å². The van der Waals surface area contributed by atoms with Crippen LogP contribution in [0.25, 0.3) is 21.9 Å². The zero-order chi connectivity index (χ0) is 21.1. The monoisotopic (exact) mass is 407 g/mol. The van der Waals surface area contributed by atoms with E-state index in [0.29, 0.717) is 54.5 Å². The summed E-state index contributed by atoms with van der Waals surface area (Å²) in [4.78, 5) is 35.9. The van der Waals surface area contributed by atoms with Gasteiger partial charge in [0.05, 0.1) is 21.9 Å². The lowest BCUT2D eigenvalue weighted by Gasteiger charge is -2.06. The maximum atomic E-state index is 13.3. The highest BCUT2D eigenvalue weighted by Crippen LogP contribution is 2.16. The van der Waals surface area contributed by atoms with E-state index >= 15 is 0 Å². The highest BCUT2D eigenvalue weighted by molar-refractivity contribution is 5.78. The number of halogens is 1. The van der Waals surface area contributed by atoms with Crippen molar-refractivity contribution in [2.24, 2.45) is 7.05 Å². The number of rotatable bonds is 7. The highest BCUT2D eigenvalue weighted by Gasteiger charge is 2.10. The SMILES string of the molecule is Cn1c(CCNC(=O)CCCc2nc3ccccc3c(=O)[nH]2)nc2cc(F)ccc21.